The lowest BCUT2D eigenvalue weighted by molar-refractivity contribution is -0.131. The average molecular weight is 352 g/mol. The third-order valence-electron chi connectivity index (χ3n) is 5.09. The summed E-state index contributed by atoms with van der Waals surface area (Å²) in [6, 6.07) is 7.06. The molecule has 3 heterocycles. The minimum atomic E-state index is -0.291. The van der Waals surface area contributed by atoms with Crippen LogP contribution in [0.2, 0.25) is 0 Å². The highest BCUT2D eigenvalue weighted by molar-refractivity contribution is 5.99. The quantitative estimate of drug-likeness (QED) is 0.839. The van der Waals surface area contributed by atoms with Crippen molar-refractivity contribution >= 4 is 11.8 Å². The van der Waals surface area contributed by atoms with Crippen molar-refractivity contribution in [2.45, 2.75) is 32.2 Å². The normalized spacial score (nSPS) is 18.7. The lowest BCUT2D eigenvalue weighted by Crippen LogP contribution is -2.35. The van der Waals surface area contributed by atoms with Gasteiger partial charge in [-0.25, -0.2) is 4.98 Å². The van der Waals surface area contributed by atoms with Crippen LogP contribution in [0, 0.1) is 6.92 Å². The maximum absolute atomic E-state index is 12.8. The highest BCUT2D eigenvalue weighted by atomic mass is 16.2. The van der Waals surface area contributed by atoms with Crippen LogP contribution in [0.5, 0.6) is 0 Å². The molecule has 1 aromatic heterocycles. The first-order valence-corrected chi connectivity index (χ1v) is 8.79. The van der Waals surface area contributed by atoms with Crippen LogP contribution in [0.4, 0.5) is 0 Å². The molecule has 0 aliphatic carbocycles. The van der Waals surface area contributed by atoms with Gasteiger partial charge in [0.25, 0.3) is 11.5 Å². The Bertz CT molecular complexity index is 950. The van der Waals surface area contributed by atoms with E-state index in [-0.39, 0.29) is 29.8 Å². The number of carbonyl (C=O) groups is 2. The van der Waals surface area contributed by atoms with E-state index in [9.17, 15) is 14.4 Å². The molecule has 2 amide bonds. The smallest absolute Gasteiger partial charge is 0.254 e. The van der Waals surface area contributed by atoms with Crippen LogP contribution in [0.1, 0.15) is 45.5 Å². The van der Waals surface area contributed by atoms with E-state index in [1.54, 1.807) is 17.9 Å². The van der Waals surface area contributed by atoms with Gasteiger partial charge in [0.2, 0.25) is 5.91 Å². The highest BCUT2D eigenvalue weighted by Crippen LogP contribution is 2.28. The van der Waals surface area contributed by atoms with E-state index >= 15 is 0 Å². The van der Waals surface area contributed by atoms with Gasteiger partial charge in [-0.2, -0.15) is 0 Å². The predicted molar refractivity (Wildman–Crippen MR) is 94.8 cm³/mol. The summed E-state index contributed by atoms with van der Waals surface area (Å²) in [4.78, 5) is 45.9. The molecule has 1 unspecified atom stereocenters. The number of nitrogens with one attached hydrogen (secondary N) is 2. The minimum absolute atomic E-state index is 0.0204. The number of amides is 2. The number of fused-ring (bicyclic) bond motifs is 2. The van der Waals surface area contributed by atoms with E-state index in [1.165, 1.54) is 0 Å². The molecule has 0 saturated carbocycles. The molecular formula is C19H20N4O3. The van der Waals surface area contributed by atoms with Gasteiger partial charge in [-0.1, -0.05) is 18.2 Å². The number of H-pyrrole nitrogens is 1. The second-order valence-electron chi connectivity index (χ2n) is 6.77. The van der Waals surface area contributed by atoms with Gasteiger partial charge in [0.05, 0.1) is 18.2 Å². The van der Waals surface area contributed by atoms with Crippen molar-refractivity contribution in [3.63, 3.8) is 0 Å². The van der Waals surface area contributed by atoms with Gasteiger partial charge >= 0.3 is 0 Å². The van der Waals surface area contributed by atoms with Crippen LogP contribution < -0.4 is 10.9 Å². The number of benzene rings is 1. The molecule has 1 atom stereocenters. The van der Waals surface area contributed by atoms with Gasteiger partial charge < -0.3 is 15.2 Å². The van der Waals surface area contributed by atoms with Crippen molar-refractivity contribution in [1.82, 2.24) is 20.2 Å². The van der Waals surface area contributed by atoms with Crippen molar-refractivity contribution in [2.24, 2.45) is 0 Å². The lowest BCUT2D eigenvalue weighted by Gasteiger charge is -2.22. The third-order valence-corrected chi connectivity index (χ3v) is 5.09. The fraction of sp³-hybridized carbons (Fsp3) is 0.368. The number of rotatable bonds is 2. The molecule has 0 saturated heterocycles. The van der Waals surface area contributed by atoms with Crippen molar-refractivity contribution in [3.8, 4) is 0 Å². The van der Waals surface area contributed by atoms with Crippen LogP contribution >= 0.6 is 0 Å². The van der Waals surface area contributed by atoms with Crippen LogP contribution in [-0.2, 0) is 17.6 Å². The standard InChI is InChI=1S/C19H20N4O3/c1-11-20-15-7-9-23(8-6-14(15)19(26)21-11)17(24)10-16-12-4-2-3-5-13(12)18(25)22-16/h2-5,16H,6-10H2,1H3,(H,22,25)(H,20,21,26). The van der Waals surface area contributed by atoms with Crippen LogP contribution in [0.15, 0.2) is 29.1 Å². The molecule has 0 bridgehead atoms. The van der Waals surface area contributed by atoms with Crippen LogP contribution in [0.3, 0.4) is 0 Å². The first kappa shape index (κ1) is 16.5. The zero-order valence-corrected chi connectivity index (χ0v) is 14.5. The summed E-state index contributed by atoms with van der Waals surface area (Å²) in [5.41, 5.74) is 2.85. The molecule has 1 aromatic carbocycles. The van der Waals surface area contributed by atoms with Gasteiger partial charge in [-0.15, -0.1) is 0 Å². The Kier molecular flexibility index (Phi) is 4.06. The molecule has 7 heteroatoms. The predicted octanol–water partition coefficient (Wildman–Crippen LogP) is 0.880. The van der Waals surface area contributed by atoms with Gasteiger partial charge in [0.1, 0.15) is 5.82 Å². The summed E-state index contributed by atoms with van der Waals surface area (Å²) < 4.78 is 0. The van der Waals surface area contributed by atoms with E-state index in [1.807, 2.05) is 18.2 Å². The summed E-state index contributed by atoms with van der Waals surface area (Å²) in [5, 5.41) is 2.88. The molecule has 2 N–H and O–H groups in total. The number of hydrogen-bond donors (Lipinski definition) is 2. The van der Waals surface area contributed by atoms with Crippen molar-refractivity contribution in [1.29, 1.82) is 0 Å². The zero-order chi connectivity index (χ0) is 18.3. The molecule has 2 aromatic rings. The van der Waals surface area contributed by atoms with E-state index in [2.05, 4.69) is 15.3 Å². The summed E-state index contributed by atoms with van der Waals surface area (Å²) in [6.07, 6.45) is 1.29. The molecule has 0 fully saturated rings. The maximum Gasteiger partial charge on any atom is 0.254 e. The van der Waals surface area contributed by atoms with Crippen molar-refractivity contribution < 1.29 is 9.59 Å². The first-order chi connectivity index (χ1) is 12.5. The molecule has 2 aliphatic heterocycles. The summed E-state index contributed by atoms with van der Waals surface area (Å²) in [5.74, 6) is 0.444. The monoisotopic (exact) mass is 352 g/mol. The largest absolute Gasteiger partial charge is 0.345 e. The number of nitrogens with zero attached hydrogens (tertiary/aromatic N) is 2. The lowest BCUT2D eigenvalue weighted by atomic mass is 10.0. The number of aryl methyl sites for hydroxylation is 1. The summed E-state index contributed by atoms with van der Waals surface area (Å²) in [7, 11) is 0. The molecule has 0 radical (unpaired) electrons. The van der Waals surface area contributed by atoms with Crippen molar-refractivity contribution in [2.75, 3.05) is 13.1 Å². The van der Waals surface area contributed by atoms with Gasteiger partial charge in [-0.3, -0.25) is 14.4 Å². The Morgan fingerprint density at radius 1 is 1.23 bits per heavy atom. The highest BCUT2D eigenvalue weighted by Gasteiger charge is 2.31. The van der Waals surface area contributed by atoms with Crippen molar-refractivity contribution in [3.05, 3.63) is 62.8 Å². The average Bonchev–Trinajstić information content (AvgIpc) is 2.79. The zero-order valence-electron chi connectivity index (χ0n) is 14.5. The Hall–Kier alpha value is -2.96. The Morgan fingerprint density at radius 2 is 2.00 bits per heavy atom. The Morgan fingerprint density at radius 3 is 2.85 bits per heavy atom. The SMILES string of the molecule is Cc1nc2c(c(=O)[nH]1)CCN(C(=O)CC1NC(=O)c3ccccc31)CC2. The van der Waals surface area contributed by atoms with Gasteiger partial charge in [0.15, 0.2) is 0 Å². The fourth-order valence-corrected chi connectivity index (χ4v) is 3.77. The summed E-state index contributed by atoms with van der Waals surface area (Å²) in [6.45, 7) is 2.78. The third kappa shape index (κ3) is 2.89. The maximum atomic E-state index is 12.8. The van der Waals surface area contributed by atoms with E-state index in [0.717, 1.165) is 11.3 Å². The molecule has 26 heavy (non-hydrogen) atoms. The minimum Gasteiger partial charge on any atom is -0.345 e. The van der Waals surface area contributed by atoms with Crippen LogP contribution in [-0.4, -0.2) is 39.8 Å². The molecule has 134 valence electrons. The second-order valence-corrected chi connectivity index (χ2v) is 6.77. The summed E-state index contributed by atoms with van der Waals surface area (Å²) >= 11 is 0. The second kappa shape index (κ2) is 6.40. The Balaban J connectivity index is 1.48. The number of hydrogen-bond acceptors (Lipinski definition) is 4. The molecule has 7 nitrogen and oxygen atoms in total. The number of carbonyl (C=O) groups excluding carboxylic acids is 2. The molecule has 4 rings (SSSR count). The van der Waals surface area contributed by atoms with Gasteiger partial charge in [-0.05, 0) is 25.0 Å². The number of aromatic amines is 1. The van der Waals surface area contributed by atoms with Crippen LogP contribution in [0.25, 0.3) is 0 Å². The van der Waals surface area contributed by atoms with Gasteiger partial charge in [0, 0.05) is 30.6 Å². The molecular weight excluding hydrogens is 332 g/mol. The van der Waals surface area contributed by atoms with E-state index in [4.69, 9.17) is 0 Å². The molecule has 0 spiro atoms. The van der Waals surface area contributed by atoms with E-state index < -0.39 is 0 Å². The fourth-order valence-electron chi connectivity index (χ4n) is 3.77. The molecule has 2 aliphatic rings. The topological polar surface area (TPSA) is 95.2 Å². The first-order valence-electron chi connectivity index (χ1n) is 8.79. The van der Waals surface area contributed by atoms with E-state index in [0.29, 0.717) is 42.9 Å². The number of aromatic nitrogens is 2. The Labute approximate surface area is 150 Å².